The Bertz CT molecular complexity index is 529. The molecule has 1 unspecified atom stereocenters. The molecule has 0 amide bonds. The summed E-state index contributed by atoms with van der Waals surface area (Å²) in [5.41, 5.74) is 1.68. The summed E-state index contributed by atoms with van der Waals surface area (Å²) in [6.07, 6.45) is 5.99. The second-order valence-electron chi connectivity index (χ2n) is 4.81. The van der Waals surface area contributed by atoms with Gasteiger partial charge in [0.2, 0.25) is 0 Å². The van der Waals surface area contributed by atoms with Crippen LogP contribution in [0, 0.1) is 11.7 Å². The van der Waals surface area contributed by atoms with Crippen LogP contribution in [0.4, 0.5) is 4.39 Å². The Kier molecular flexibility index (Phi) is 3.11. The van der Waals surface area contributed by atoms with Crippen molar-refractivity contribution in [2.75, 3.05) is 13.1 Å². The predicted molar refractivity (Wildman–Crippen MR) is 68.2 cm³/mol. The van der Waals surface area contributed by atoms with Crippen molar-refractivity contribution in [3.05, 3.63) is 48.0 Å². The summed E-state index contributed by atoms with van der Waals surface area (Å²) in [5.74, 6) is 0.443. The van der Waals surface area contributed by atoms with Gasteiger partial charge in [-0.15, -0.1) is 0 Å². The van der Waals surface area contributed by atoms with Crippen LogP contribution in [-0.4, -0.2) is 22.9 Å². The van der Waals surface area contributed by atoms with Gasteiger partial charge in [-0.2, -0.15) is 5.10 Å². The lowest BCUT2D eigenvalue weighted by Crippen LogP contribution is -2.10. The van der Waals surface area contributed by atoms with Crippen LogP contribution in [0.25, 0.3) is 5.69 Å². The summed E-state index contributed by atoms with van der Waals surface area (Å²) in [4.78, 5) is 0. The smallest absolute Gasteiger partial charge is 0.148 e. The number of nitrogens with zero attached hydrogens (tertiary/aromatic N) is 2. The highest BCUT2D eigenvalue weighted by atomic mass is 19.1. The summed E-state index contributed by atoms with van der Waals surface area (Å²) in [6.45, 7) is 2.18. The Hall–Kier alpha value is -1.68. The van der Waals surface area contributed by atoms with E-state index >= 15 is 0 Å². The molecule has 3 rings (SSSR count). The molecule has 0 bridgehead atoms. The molecule has 4 heteroatoms. The van der Waals surface area contributed by atoms with Crippen molar-refractivity contribution in [2.24, 2.45) is 5.92 Å². The number of halogens is 1. The van der Waals surface area contributed by atoms with Crippen LogP contribution in [0.15, 0.2) is 36.7 Å². The number of para-hydroxylation sites is 1. The average Bonchev–Trinajstić information content (AvgIpc) is 3.02. The van der Waals surface area contributed by atoms with Crippen molar-refractivity contribution in [3.63, 3.8) is 0 Å². The van der Waals surface area contributed by atoms with E-state index in [1.807, 2.05) is 18.5 Å². The highest BCUT2D eigenvalue weighted by molar-refractivity contribution is 5.33. The van der Waals surface area contributed by atoms with Crippen molar-refractivity contribution < 1.29 is 4.39 Å². The molecule has 0 spiro atoms. The van der Waals surface area contributed by atoms with E-state index in [9.17, 15) is 4.39 Å². The lowest BCUT2D eigenvalue weighted by molar-refractivity contribution is 0.580. The minimum Gasteiger partial charge on any atom is -0.316 e. The van der Waals surface area contributed by atoms with E-state index in [-0.39, 0.29) is 5.82 Å². The molecule has 0 radical (unpaired) electrons. The first-order chi connectivity index (χ1) is 8.83. The van der Waals surface area contributed by atoms with Crippen LogP contribution in [-0.2, 0) is 6.42 Å². The van der Waals surface area contributed by atoms with Gasteiger partial charge in [0, 0.05) is 6.20 Å². The van der Waals surface area contributed by atoms with Gasteiger partial charge < -0.3 is 5.32 Å². The largest absolute Gasteiger partial charge is 0.316 e. The van der Waals surface area contributed by atoms with E-state index in [1.54, 1.807) is 16.8 Å². The molecular formula is C14H16FN3. The van der Waals surface area contributed by atoms with Crippen molar-refractivity contribution in [3.8, 4) is 5.69 Å². The van der Waals surface area contributed by atoms with Crippen LogP contribution < -0.4 is 5.32 Å². The molecule has 1 atom stereocenters. The van der Waals surface area contributed by atoms with Crippen molar-refractivity contribution in [1.29, 1.82) is 0 Å². The van der Waals surface area contributed by atoms with E-state index in [0.717, 1.165) is 19.5 Å². The average molecular weight is 245 g/mol. The van der Waals surface area contributed by atoms with Crippen molar-refractivity contribution in [2.45, 2.75) is 12.8 Å². The first-order valence-corrected chi connectivity index (χ1v) is 6.32. The zero-order chi connectivity index (χ0) is 12.4. The lowest BCUT2D eigenvalue weighted by atomic mass is 10.0. The highest BCUT2D eigenvalue weighted by Crippen LogP contribution is 2.17. The normalized spacial score (nSPS) is 19.3. The summed E-state index contributed by atoms with van der Waals surface area (Å²) >= 11 is 0. The minimum absolute atomic E-state index is 0.241. The monoisotopic (exact) mass is 245 g/mol. The standard InChI is InChI=1S/C14H16FN3/c15-13-3-1-2-4-14(13)18-10-12(9-17-18)7-11-5-6-16-8-11/h1-4,9-11,16H,5-8H2. The topological polar surface area (TPSA) is 29.9 Å². The Morgan fingerprint density at radius 2 is 2.28 bits per heavy atom. The molecule has 18 heavy (non-hydrogen) atoms. The number of benzene rings is 1. The predicted octanol–water partition coefficient (Wildman–Crippen LogP) is 2.16. The van der Waals surface area contributed by atoms with Gasteiger partial charge in [0.25, 0.3) is 0 Å². The Morgan fingerprint density at radius 3 is 3.06 bits per heavy atom. The fraction of sp³-hybridized carbons (Fsp3) is 0.357. The summed E-state index contributed by atoms with van der Waals surface area (Å²) in [5, 5.41) is 7.60. The Balaban J connectivity index is 1.79. The minimum atomic E-state index is -0.241. The number of hydrogen-bond acceptors (Lipinski definition) is 2. The van der Waals surface area contributed by atoms with Gasteiger partial charge in [-0.25, -0.2) is 9.07 Å². The fourth-order valence-corrected chi connectivity index (χ4v) is 2.46. The first-order valence-electron chi connectivity index (χ1n) is 6.32. The number of aromatic nitrogens is 2. The Morgan fingerprint density at radius 1 is 1.39 bits per heavy atom. The van der Waals surface area contributed by atoms with Crippen LogP contribution in [0.1, 0.15) is 12.0 Å². The maximum absolute atomic E-state index is 13.6. The van der Waals surface area contributed by atoms with Gasteiger partial charge in [0.05, 0.1) is 6.20 Å². The van der Waals surface area contributed by atoms with Crippen LogP contribution >= 0.6 is 0 Å². The van der Waals surface area contributed by atoms with E-state index in [0.29, 0.717) is 11.6 Å². The van der Waals surface area contributed by atoms with E-state index in [2.05, 4.69) is 10.4 Å². The molecule has 1 N–H and O–H groups in total. The molecule has 1 saturated heterocycles. The van der Waals surface area contributed by atoms with Crippen molar-refractivity contribution >= 4 is 0 Å². The quantitative estimate of drug-likeness (QED) is 0.898. The molecule has 2 heterocycles. The maximum Gasteiger partial charge on any atom is 0.148 e. The molecule has 2 aromatic rings. The summed E-state index contributed by atoms with van der Waals surface area (Å²) in [7, 11) is 0. The Labute approximate surface area is 106 Å². The molecule has 94 valence electrons. The van der Waals surface area contributed by atoms with Gasteiger partial charge in [-0.3, -0.25) is 0 Å². The second kappa shape index (κ2) is 4.90. The van der Waals surface area contributed by atoms with Gasteiger partial charge in [0.15, 0.2) is 0 Å². The van der Waals surface area contributed by atoms with Gasteiger partial charge in [0.1, 0.15) is 11.5 Å². The zero-order valence-corrected chi connectivity index (χ0v) is 10.1. The van der Waals surface area contributed by atoms with Gasteiger partial charge in [-0.05, 0) is 49.5 Å². The SMILES string of the molecule is Fc1ccccc1-n1cc(CC2CCNC2)cn1. The van der Waals surface area contributed by atoms with E-state index < -0.39 is 0 Å². The molecule has 1 aromatic carbocycles. The molecular weight excluding hydrogens is 229 g/mol. The van der Waals surface area contributed by atoms with E-state index in [4.69, 9.17) is 0 Å². The third-order valence-corrected chi connectivity index (χ3v) is 3.42. The number of rotatable bonds is 3. The highest BCUT2D eigenvalue weighted by Gasteiger charge is 2.16. The molecule has 1 aliphatic rings. The van der Waals surface area contributed by atoms with E-state index in [1.165, 1.54) is 18.1 Å². The second-order valence-corrected chi connectivity index (χ2v) is 4.81. The van der Waals surface area contributed by atoms with Crippen LogP contribution in [0.3, 0.4) is 0 Å². The van der Waals surface area contributed by atoms with Crippen LogP contribution in [0.2, 0.25) is 0 Å². The number of hydrogen-bond donors (Lipinski definition) is 1. The summed E-state index contributed by atoms with van der Waals surface area (Å²) in [6, 6.07) is 6.70. The molecule has 1 aromatic heterocycles. The van der Waals surface area contributed by atoms with Gasteiger partial charge in [-0.1, -0.05) is 12.1 Å². The third-order valence-electron chi connectivity index (χ3n) is 3.42. The molecule has 0 aliphatic carbocycles. The molecule has 1 fully saturated rings. The zero-order valence-electron chi connectivity index (χ0n) is 10.1. The summed E-state index contributed by atoms with van der Waals surface area (Å²) < 4.78 is 15.2. The third kappa shape index (κ3) is 2.29. The number of nitrogens with one attached hydrogen (secondary N) is 1. The maximum atomic E-state index is 13.6. The molecule has 1 aliphatic heterocycles. The lowest BCUT2D eigenvalue weighted by Gasteiger charge is -2.05. The first kappa shape index (κ1) is 11.4. The van der Waals surface area contributed by atoms with Crippen LogP contribution in [0.5, 0.6) is 0 Å². The molecule has 0 saturated carbocycles. The van der Waals surface area contributed by atoms with Gasteiger partial charge >= 0.3 is 0 Å². The molecule has 3 nitrogen and oxygen atoms in total. The fourth-order valence-electron chi connectivity index (χ4n) is 2.46. The van der Waals surface area contributed by atoms with Crippen molar-refractivity contribution in [1.82, 2.24) is 15.1 Å².